The molecule has 0 aliphatic rings. The summed E-state index contributed by atoms with van der Waals surface area (Å²) in [5.41, 5.74) is 3.74. The summed E-state index contributed by atoms with van der Waals surface area (Å²) in [6.07, 6.45) is 0. The van der Waals surface area contributed by atoms with Crippen LogP contribution >= 0.6 is 46.3 Å². The fourth-order valence-electron chi connectivity index (χ4n) is 3.54. The number of aromatic nitrogens is 3. The first-order valence-electron chi connectivity index (χ1n) is 10.9. The number of nitrogens with one attached hydrogen (secondary N) is 1. The number of carbonyl (C=O) groups is 2. The van der Waals surface area contributed by atoms with Crippen LogP contribution in [0, 0.1) is 6.92 Å². The fraction of sp³-hybridized carbons (Fsp3) is 0.200. The molecule has 4 aromatic rings. The zero-order valence-corrected chi connectivity index (χ0v) is 22.8. The van der Waals surface area contributed by atoms with E-state index in [2.05, 4.69) is 15.5 Å². The Labute approximate surface area is 226 Å². The fourth-order valence-corrected chi connectivity index (χ4v) is 5.81. The van der Waals surface area contributed by atoms with E-state index in [9.17, 15) is 9.59 Å². The Morgan fingerprint density at radius 1 is 1.11 bits per heavy atom. The Morgan fingerprint density at radius 2 is 1.86 bits per heavy atom. The van der Waals surface area contributed by atoms with Gasteiger partial charge in [0.05, 0.1) is 17.9 Å². The van der Waals surface area contributed by atoms with Crippen LogP contribution in [-0.4, -0.2) is 39.5 Å². The number of esters is 1. The molecular formula is C25H22Cl2N4O3S2. The molecule has 11 heteroatoms. The van der Waals surface area contributed by atoms with E-state index in [1.165, 1.54) is 30.2 Å². The second-order valence-electron chi connectivity index (χ2n) is 7.72. The number of hydrogen-bond donors (Lipinski definition) is 1. The van der Waals surface area contributed by atoms with Crippen LogP contribution in [0.3, 0.4) is 0 Å². The quantitative estimate of drug-likeness (QED) is 0.188. The van der Waals surface area contributed by atoms with Crippen molar-refractivity contribution in [3.63, 3.8) is 0 Å². The van der Waals surface area contributed by atoms with Gasteiger partial charge in [-0.05, 0) is 37.6 Å². The van der Waals surface area contributed by atoms with Crippen molar-refractivity contribution in [3.05, 3.63) is 69.0 Å². The Morgan fingerprint density at radius 3 is 2.53 bits per heavy atom. The van der Waals surface area contributed by atoms with Crippen molar-refractivity contribution in [1.82, 2.24) is 14.8 Å². The zero-order chi connectivity index (χ0) is 25.8. The van der Waals surface area contributed by atoms with Gasteiger partial charge in [-0.25, -0.2) is 4.79 Å². The maximum Gasteiger partial charge on any atom is 0.341 e. The third-order valence-corrected chi connectivity index (χ3v) is 7.74. The zero-order valence-electron chi connectivity index (χ0n) is 19.7. The average molecular weight is 562 g/mol. The van der Waals surface area contributed by atoms with Crippen molar-refractivity contribution in [2.24, 2.45) is 0 Å². The standard InChI is InChI=1S/C25H22Cl2N4O3S2/c1-4-31-22(17-10-9-16(26)11-19(17)27)29-30-25(31)36-13-20(32)28-23-21(24(33)34-3)18(12-35-23)15-7-5-14(2)6-8-15/h5-12H,4,13H2,1-3H3,(H,28,32). The van der Waals surface area contributed by atoms with Crippen molar-refractivity contribution in [3.8, 4) is 22.5 Å². The van der Waals surface area contributed by atoms with Crippen molar-refractivity contribution in [2.75, 3.05) is 18.2 Å². The summed E-state index contributed by atoms with van der Waals surface area (Å²) in [4.78, 5) is 25.4. The number of amides is 1. The molecular weight excluding hydrogens is 539 g/mol. The van der Waals surface area contributed by atoms with Crippen LogP contribution in [0.25, 0.3) is 22.5 Å². The molecule has 0 spiro atoms. The van der Waals surface area contributed by atoms with E-state index in [1.54, 1.807) is 18.2 Å². The minimum absolute atomic E-state index is 0.0743. The summed E-state index contributed by atoms with van der Waals surface area (Å²) in [5.74, 6) is -0.120. The maximum absolute atomic E-state index is 12.8. The van der Waals surface area contributed by atoms with Crippen molar-refractivity contribution in [1.29, 1.82) is 0 Å². The number of nitrogens with zero attached hydrogens (tertiary/aromatic N) is 3. The van der Waals surface area contributed by atoms with Crippen LogP contribution in [0.2, 0.25) is 10.0 Å². The number of ether oxygens (including phenoxy) is 1. The van der Waals surface area contributed by atoms with Crippen LogP contribution in [0.1, 0.15) is 22.8 Å². The lowest BCUT2D eigenvalue weighted by molar-refractivity contribution is -0.113. The van der Waals surface area contributed by atoms with Gasteiger partial charge >= 0.3 is 5.97 Å². The third-order valence-electron chi connectivity index (χ3n) is 5.33. The van der Waals surface area contributed by atoms with Gasteiger partial charge in [0.25, 0.3) is 0 Å². The molecule has 0 unspecified atom stereocenters. The first-order chi connectivity index (χ1) is 17.3. The molecule has 0 fully saturated rings. The van der Waals surface area contributed by atoms with Gasteiger partial charge in [-0.15, -0.1) is 21.5 Å². The van der Waals surface area contributed by atoms with Crippen LogP contribution < -0.4 is 5.32 Å². The smallest absolute Gasteiger partial charge is 0.341 e. The number of methoxy groups -OCH3 is 1. The molecule has 1 amide bonds. The first kappa shape index (κ1) is 26.2. The highest BCUT2D eigenvalue weighted by Crippen LogP contribution is 2.37. The molecule has 0 saturated carbocycles. The molecule has 4 rings (SSSR count). The van der Waals surface area contributed by atoms with E-state index in [1.807, 2.05) is 48.1 Å². The number of aryl methyl sites for hydroxylation is 1. The Bertz CT molecular complexity index is 1420. The van der Waals surface area contributed by atoms with E-state index in [0.29, 0.717) is 49.3 Å². The summed E-state index contributed by atoms with van der Waals surface area (Å²) in [6.45, 7) is 4.54. The minimum Gasteiger partial charge on any atom is -0.465 e. The number of carbonyl (C=O) groups excluding carboxylic acids is 2. The molecule has 2 heterocycles. The van der Waals surface area contributed by atoms with Crippen LogP contribution in [0.4, 0.5) is 5.00 Å². The number of thiophene rings is 1. The number of hydrogen-bond acceptors (Lipinski definition) is 7. The molecule has 0 aliphatic heterocycles. The predicted octanol–water partition coefficient (Wildman–Crippen LogP) is 6.83. The van der Waals surface area contributed by atoms with E-state index in [0.717, 1.165) is 11.1 Å². The van der Waals surface area contributed by atoms with Gasteiger partial charge in [-0.1, -0.05) is 64.8 Å². The lowest BCUT2D eigenvalue weighted by Crippen LogP contribution is -2.16. The summed E-state index contributed by atoms with van der Waals surface area (Å²) in [5, 5.41) is 15.2. The number of rotatable bonds is 8. The van der Waals surface area contributed by atoms with E-state index >= 15 is 0 Å². The number of thioether (sulfide) groups is 1. The lowest BCUT2D eigenvalue weighted by atomic mass is 10.0. The molecule has 1 N–H and O–H groups in total. The molecule has 0 atom stereocenters. The molecule has 0 aliphatic carbocycles. The number of anilines is 1. The Balaban J connectivity index is 1.51. The van der Waals surface area contributed by atoms with Gasteiger partial charge < -0.3 is 14.6 Å². The molecule has 186 valence electrons. The molecule has 0 bridgehead atoms. The topological polar surface area (TPSA) is 86.1 Å². The second kappa shape index (κ2) is 11.5. The minimum atomic E-state index is -0.509. The third kappa shape index (κ3) is 5.59. The highest BCUT2D eigenvalue weighted by molar-refractivity contribution is 7.99. The van der Waals surface area contributed by atoms with Crippen LogP contribution in [-0.2, 0) is 16.1 Å². The monoisotopic (exact) mass is 560 g/mol. The normalized spacial score (nSPS) is 10.9. The highest BCUT2D eigenvalue weighted by Gasteiger charge is 2.23. The van der Waals surface area contributed by atoms with E-state index in [-0.39, 0.29) is 11.7 Å². The molecule has 2 aromatic carbocycles. The molecule has 0 radical (unpaired) electrons. The summed E-state index contributed by atoms with van der Waals surface area (Å²) >= 11 is 14.9. The Hall–Kier alpha value is -2.85. The van der Waals surface area contributed by atoms with Gasteiger partial charge in [-0.3, -0.25) is 4.79 Å². The SMILES string of the molecule is CCn1c(SCC(=O)Nc2scc(-c3ccc(C)cc3)c2C(=O)OC)nnc1-c1ccc(Cl)cc1Cl. The Kier molecular flexibility index (Phi) is 8.35. The van der Waals surface area contributed by atoms with Crippen LogP contribution in [0.15, 0.2) is 53.0 Å². The van der Waals surface area contributed by atoms with Crippen molar-refractivity contribution >= 4 is 63.2 Å². The second-order valence-corrected chi connectivity index (χ2v) is 10.4. The van der Waals surface area contributed by atoms with Crippen molar-refractivity contribution in [2.45, 2.75) is 25.5 Å². The first-order valence-corrected chi connectivity index (χ1v) is 13.5. The molecule has 36 heavy (non-hydrogen) atoms. The lowest BCUT2D eigenvalue weighted by Gasteiger charge is -2.09. The summed E-state index contributed by atoms with van der Waals surface area (Å²) in [6, 6.07) is 13.0. The number of benzene rings is 2. The number of halogens is 2. The van der Waals surface area contributed by atoms with Crippen LogP contribution in [0.5, 0.6) is 0 Å². The molecule has 0 saturated heterocycles. The predicted molar refractivity (Wildman–Crippen MR) is 146 cm³/mol. The summed E-state index contributed by atoms with van der Waals surface area (Å²) < 4.78 is 6.88. The average Bonchev–Trinajstić information content (AvgIpc) is 3.46. The molecule has 7 nitrogen and oxygen atoms in total. The van der Waals surface area contributed by atoms with Gasteiger partial charge in [0.15, 0.2) is 11.0 Å². The van der Waals surface area contributed by atoms with Crippen molar-refractivity contribution < 1.29 is 14.3 Å². The van der Waals surface area contributed by atoms with Gasteiger partial charge in [0.2, 0.25) is 5.91 Å². The van der Waals surface area contributed by atoms with Gasteiger partial charge in [0, 0.05) is 28.1 Å². The van der Waals surface area contributed by atoms with E-state index in [4.69, 9.17) is 27.9 Å². The van der Waals surface area contributed by atoms with E-state index < -0.39 is 5.97 Å². The van der Waals surface area contributed by atoms with Gasteiger partial charge in [-0.2, -0.15) is 0 Å². The molecule has 2 aromatic heterocycles. The highest BCUT2D eigenvalue weighted by atomic mass is 35.5. The summed E-state index contributed by atoms with van der Waals surface area (Å²) in [7, 11) is 1.32. The largest absolute Gasteiger partial charge is 0.465 e. The maximum atomic E-state index is 12.8. The van der Waals surface area contributed by atoms with Gasteiger partial charge in [0.1, 0.15) is 10.6 Å².